The van der Waals surface area contributed by atoms with Crippen LogP contribution in [0.2, 0.25) is 0 Å². The number of anilines is 2. The van der Waals surface area contributed by atoms with Crippen LogP contribution in [-0.4, -0.2) is 35.5 Å². The van der Waals surface area contributed by atoms with Gasteiger partial charge in [-0.1, -0.05) is 39.0 Å². The van der Waals surface area contributed by atoms with Gasteiger partial charge in [-0.15, -0.1) is 0 Å². The molecular formula is C18H26N4S. The highest BCUT2D eigenvalue weighted by Gasteiger charge is 2.26. The molecule has 0 saturated carbocycles. The summed E-state index contributed by atoms with van der Waals surface area (Å²) in [5.41, 5.74) is 1.33. The van der Waals surface area contributed by atoms with E-state index in [2.05, 4.69) is 72.3 Å². The number of hydrogen-bond acceptors (Lipinski definition) is 5. The summed E-state index contributed by atoms with van der Waals surface area (Å²) in [5.74, 6) is 0.959. The van der Waals surface area contributed by atoms with Crippen LogP contribution in [0.4, 0.5) is 10.8 Å². The molecule has 1 aliphatic rings. The predicted octanol–water partition coefficient (Wildman–Crippen LogP) is 3.94. The fraction of sp³-hybridized carbons (Fsp3) is 0.556. The van der Waals surface area contributed by atoms with Gasteiger partial charge in [0.25, 0.3) is 0 Å². The lowest BCUT2D eigenvalue weighted by atomic mass is 9.96. The highest BCUT2D eigenvalue weighted by Crippen LogP contribution is 2.29. The predicted molar refractivity (Wildman–Crippen MR) is 98.7 cm³/mol. The van der Waals surface area contributed by atoms with E-state index in [1.165, 1.54) is 5.69 Å². The Morgan fingerprint density at radius 2 is 1.78 bits per heavy atom. The van der Waals surface area contributed by atoms with Gasteiger partial charge in [0.15, 0.2) is 0 Å². The summed E-state index contributed by atoms with van der Waals surface area (Å²) in [6, 6.07) is 11.3. The van der Waals surface area contributed by atoms with Crippen LogP contribution in [0.3, 0.4) is 0 Å². The Kier molecular flexibility index (Phi) is 4.57. The van der Waals surface area contributed by atoms with Gasteiger partial charge >= 0.3 is 0 Å². The second-order valence-electron chi connectivity index (χ2n) is 7.32. The van der Waals surface area contributed by atoms with Gasteiger partial charge in [-0.25, -0.2) is 4.98 Å². The molecule has 1 aromatic carbocycles. The zero-order valence-electron chi connectivity index (χ0n) is 14.5. The molecule has 124 valence electrons. The second-order valence-corrected chi connectivity index (χ2v) is 8.05. The quantitative estimate of drug-likeness (QED) is 0.853. The maximum absolute atomic E-state index is 4.75. The van der Waals surface area contributed by atoms with E-state index < -0.39 is 0 Å². The van der Waals surface area contributed by atoms with Crippen molar-refractivity contribution in [3.63, 3.8) is 0 Å². The molecule has 23 heavy (non-hydrogen) atoms. The SMILES string of the molecule is CN(c1ccccc1)C1CCN(c2nc(C(C)(C)C)ns2)CC1. The van der Waals surface area contributed by atoms with Crippen LogP contribution < -0.4 is 9.80 Å². The standard InChI is InChI=1S/C18H26N4S/c1-18(2,3)16-19-17(23-20-16)22-12-10-15(11-13-22)21(4)14-8-6-5-7-9-14/h5-9,15H,10-13H2,1-4H3. The van der Waals surface area contributed by atoms with Crippen molar-refractivity contribution < 1.29 is 0 Å². The first kappa shape index (κ1) is 16.2. The van der Waals surface area contributed by atoms with Crippen LogP contribution in [0.1, 0.15) is 39.4 Å². The van der Waals surface area contributed by atoms with Gasteiger partial charge < -0.3 is 9.80 Å². The highest BCUT2D eigenvalue weighted by molar-refractivity contribution is 7.09. The van der Waals surface area contributed by atoms with Crippen molar-refractivity contribution in [3.05, 3.63) is 36.2 Å². The molecule has 0 amide bonds. The Morgan fingerprint density at radius 3 is 2.35 bits per heavy atom. The van der Waals surface area contributed by atoms with Crippen molar-refractivity contribution >= 4 is 22.4 Å². The molecule has 2 aromatic rings. The van der Waals surface area contributed by atoms with Crippen molar-refractivity contribution in [2.75, 3.05) is 29.9 Å². The molecule has 1 aromatic heterocycles. The molecule has 4 nitrogen and oxygen atoms in total. The van der Waals surface area contributed by atoms with E-state index in [1.54, 1.807) is 11.5 Å². The Hall–Kier alpha value is -1.62. The fourth-order valence-corrected chi connectivity index (χ4v) is 3.88. The lowest BCUT2D eigenvalue weighted by Gasteiger charge is -2.37. The molecule has 5 heteroatoms. The molecule has 0 spiro atoms. The summed E-state index contributed by atoms with van der Waals surface area (Å²) in [4.78, 5) is 9.56. The number of aromatic nitrogens is 2. The molecule has 1 fully saturated rings. The van der Waals surface area contributed by atoms with E-state index in [9.17, 15) is 0 Å². The molecule has 1 aliphatic heterocycles. The first-order valence-electron chi connectivity index (χ1n) is 8.32. The lowest BCUT2D eigenvalue weighted by Crippen LogP contribution is -2.43. The fourth-order valence-electron chi connectivity index (χ4n) is 2.97. The molecule has 0 aliphatic carbocycles. The number of nitrogens with zero attached hydrogens (tertiary/aromatic N) is 4. The monoisotopic (exact) mass is 330 g/mol. The van der Waals surface area contributed by atoms with Crippen molar-refractivity contribution in [1.82, 2.24) is 9.36 Å². The van der Waals surface area contributed by atoms with Crippen molar-refractivity contribution in [1.29, 1.82) is 0 Å². The molecule has 0 unspecified atom stereocenters. The third kappa shape index (κ3) is 3.66. The normalized spacial score (nSPS) is 16.6. The molecule has 0 N–H and O–H groups in total. The summed E-state index contributed by atoms with van der Waals surface area (Å²) in [6.07, 6.45) is 2.33. The number of benzene rings is 1. The number of hydrogen-bond donors (Lipinski definition) is 0. The summed E-state index contributed by atoms with van der Waals surface area (Å²) in [5, 5.41) is 1.08. The Morgan fingerprint density at radius 1 is 1.13 bits per heavy atom. The molecule has 1 saturated heterocycles. The molecular weight excluding hydrogens is 304 g/mol. The van der Waals surface area contributed by atoms with Crippen LogP contribution in [0.5, 0.6) is 0 Å². The van der Waals surface area contributed by atoms with E-state index in [1.807, 2.05) is 0 Å². The van der Waals surface area contributed by atoms with E-state index >= 15 is 0 Å². The van der Waals surface area contributed by atoms with E-state index in [0.29, 0.717) is 6.04 Å². The highest BCUT2D eigenvalue weighted by atomic mass is 32.1. The van der Waals surface area contributed by atoms with Crippen LogP contribution in [0.25, 0.3) is 0 Å². The smallest absolute Gasteiger partial charge is 0.205 e. The van der Waals surface area contributed by atoms with Gasteiger partial charge in [-0.3, -0.25) is 0 Å². The average molecular weight is 331 g/mol. The molecule has 0 bridgehead atoms. The number of para-hydroxylation sites is 1. The van der Waals surface area contributed by atoms with Crippen molar-refractivity contribution in [3.8, 4) is 0 Å². The summed E-state index contributed by atoms with van der Waals surface area (Å²) < 4.78 is 4.54. The minimum atomic E-state index is 0.0284. The van der Waals surface area contributed by atoms with Gasteiger partial charge in [-0.05, 0) is 25.0 Å². The van der Waals surface area contributed by atoms with Crippen LogP contribution in [0, 0.1) is 0 Å². The Balaban J connectivity index is 1.61. The van der Waals surface area contributed by atoms with Crippen LogP contribution in [0.15, 0.2) is 30.3 Å². The Bertz CT molecular complexity index is 624. The zero-order chi connectivity index (χ0) is 16.4. The van der Waals surface area contributed by atoms with Crippen LogP contribution in [-0.2, 0) is 5.41 Å². The Labute approximate surface area is 143 Å². The number of piperidine rings is 1. The van der Waals surface area contributed by atoms with Gasteiger partial charge in [0, 0.05) is 48.8 Å². The van der Waals surface area contributed by atoms with Crippen LogP contribution >= 0.6 is 11.5 Å². The lowest BCUT2D eigenvalue weighted by molar-refractivity contribution is 0.481. The summed E-state index contributed by atoms with van der Waals surface area (Å²) in [7, 11) is 2.21. The maximum atomic E-state index is 4.75. The first-order chi connectivity index (χ1) is 10.9. The first-order valence-corrected chi connectivity index (χ1v) is 9.09. The molecule has 0 atom stereocenters. The zero-order valence-corrected chi connectivity index (χ0v) is 15.3. The number of rotatable bonds is 3. The minimum absolute atomic E-state index is 0.0284. The summed E-state index contributed by atoms with van der Waals surface area (Å²) in [6.45, 7) is 8.61. The largest absolute Gasteiger partial charge is 0.371 e. The third-order valence-electron chi connectivity index (χ3n) is 4.53. The molecule has 0 radical (unpaired) electrons. The topological polar surface area (TPSA) is 32.3 Å². The third-order valence-corrected chi connectivity index (χ3v) is 5.31. The second kappa shape index (κ2) is 6.48. The minimum Gasteiger partial charge on any atom is -0.371 e. The average Bonchev–Trinajstić information content (AvgIpc) is 3.05. The van der Waals surface area contributed by atoms with Gasteiger partial charge in [-0.2, -0.15) is 4.37 Å². The van der Waals surface area contributed by atoms with E-state index in [4.69, 9.17) is 4.98 Å². The van der Waals surface area contributed by atoms with Gasteiger partial charge in [0.05, 0.1) is 0 Å². The van der Waals surface area contributed by atoms with Gasteiger partial charge in [0.1, 0.15) is 5.82 Å². The maximum Gasteiger partial charge on any atom is 0.205 e. The van der Waals surface area contributed by atoms with Crippen molar-refractivity contribution in [2.45, 2.75) is 45.1 Å². The molecule has 2 heterocycles. The van der Waals surface area contributed by atoms with Gasteiger partial charge in [0.2, 0.25) is 5.13 Å². The molecule has 3 rings (SSSR count). The van der Waals surface area contributed by atoms with E-state index in [-0.39, 0.29) is 5.41 Å². The summed E-state index contributed by atoms with van der Waals surface area (Å²) >= 11 is 1.54. The van der Waals surface area contributed by atoms with Crippen molar-refractivity contribution in [2.24, 2.45) is 0 Å². The van der Waals surface area contributed by atoms with E-state index in [0.717, 1.165) is 36.9 Å².